The number of nitrogens with one attached hydrogen (secondary N) is 2. The van der Waals surface area contributed by atoms with Gasteiger partial charge in [0.15, 0.2) is 5.11 Å². The van der Waals surface area contributed by atoms with Crippen molar-refractivity contribution < 1.29 is 14.6 Å². The lowest BCUT2D eigenvalue weighted by Crippen LogP contribution is -2.20. The number of phenolic OH excluding ortho intramolecular Hbond substituents is 1. The molecular weight excluding hydrogens is 368 g/mol. The zero-order valence-corrected chi connectivity index (χ0v) is 16.6. The summed E-state index contributed by atoms with van der Waals surface area (Å²) >= 11 is 6.94. The van der Waals surface area contributed by atoms with E-state index in [1.807, 2.05) is 19.1 Å². The summed E-state index contributed by atoms with van der Waals surface area (Å²) in [6.07, 6.45) is 2.90. The number of esters is 1. The molecule has 3 rings (SSSR count). The monoisotopic (exact) mass is 390 g/mol. The van der Waals surface area contributed by atoms with Crippen LogP contribution in [0.3, 0.4) is 0 Å². The van der Waals surface area contributed by atoms with Crippen molar-refractivity contribution in [1.29, 1.82) is 0 Å². The molecule has 138 valence electrons. The Labute approximate surface area is 162 Å². The summed E-state index contributed by atoms with van der Waals surface area (Å²) in [5.41, 5.74) is 3.18. The second kappa shape index (κ2) is 7.63. The van der Waals surface area contributed by atoms with Crippen LogP contribution in [0.25, 0.3) is 0 Å². The molecule has 1 unspecified atom stereocenters. The van der Waals surface area contributed by atoms with Crippen molar-refractivity contribution in [2.45, 2.75) is 33.1 Å². The summed E-state index contributed by atoms with van der Waals surface area (Å²) in [4.78, 5) is 13.5. The van der Waals surface area contributed by atoms with Crippen LogP contribution < -0.4 is 10.6 Å². The topological polar surface area (TPSA) is 70.6 Å². The van der Waals surface area contributed by atoms with E-state index >= 15 is 0 Å². The zero-order valence-electron chi connectivity index (χ0n) is 15.0. The lowest BCUT2D eigenvalue weighted by molar-refractivity contribution is 0.0601. The third-order valence-electron chi connectivity index (χ3n) is 4.53. The minimum absolute atomic E-state index is 0.118. The first kappa shape index (κ1) is 18.7. The van der Waals surface area contributed by atoms with Crippen molar-refractivity contribution in [1.82, 2.24) is 0 Å². The highest BCUT2D eigenvalue weighted by atomic mass is 32.1. The molecule has 3 N–H and O–H groups in total. The zero-order chi connectivity index (χ0) is 18.8. The van der Waals surface area contributed by atoms with E-state index in [1.54, 1.807) is 17.4 Å². The maximum Gasteiger partial charge on any atom is 0.341 e. The van der Waals surface area contributed by atoms with Crippen molar-refractivity contribution >= 4 is 45.3 Å². The molecule has 0 amide bonds. The van der Waals surface area contributed by atoms with Gasteiger partial charge in [0.2, 0.25) is 0 Å². The van der Waals surface area contributed by atoms with Crippen LogP contribution in [0.1, 0.15) is 39.7 Å². The van der Waals surface area contributed by atoms with E-state index < -0.39 is 0 Å². The Hall–Kier alpha value is -2.12. The van der Waals surface area contributed by atoms with Gasteiger partial charge < -0.3 is 20.5 Å². The van der Waals surface area contributed by atoms with E-state index in [0.717, 1.165) is 30.4 Å². The minimum Gasteiger partial charge on any atom is -0.506 e. The third-order valence-corrected chi connectivity index (χ3v) is 5.90. The summed E-state index contributed by atoms with van der Waals surface area (Å²) < 4.78 is 4.99. The number of anilines is 2. The molecule has 0 saturated carbocycles. The quantitative estimate of drug-likeness (QED) is 0.408. The van der Waals surface area contributed by atoms with Crippen LogP contribution in [0.15, 0.2) is 18.2 Å². The Morgan fingerprint density at radius 2 is 2.15 bits per heavy atom. The van der Waals surface area contributed by atoms with Gasteiger partial charge in [0.25, 0.3) is 0 Å². The fourth-order valence-electron chi connectivity index (χ4n) is 3.16. The molecule has 0 saturated heterocycles. The normalized spacial score (nSPS) is 15.9. The second-order valence-electron chi connectivity index (χ2n) is 6.65. The van der Waals surface area contributed by atoms with Crippen LogP contribution >= 0.6 is 23.6 Å². The van der Waals surface area contributed by atoms with Crippen LogP contribution in [-0.4, -0.2) is 23.3 Å². The number of phenols is 1. The number of carbonyl (C=O) groups is 1. The van der Waals surface area contributed by atoms with Gasteiger partial charge in [-0.3, -0.25) is 0 Å². The Morgan fingerprint density at radius 3 is 2.88 bits per heavy atom. The number of benzene rings is 1. The van der Waals surface area contributed by atoms with Gasteiger partial charge in [-0.1, -0.05) is 13.0 Å². The Bertz CT molecular complexity index is 861. The summed E-state index contributed by atoms with van der Waals surface area (Å²) in [6.45, 7) is 4.16. The number of methoxy groups -OCH3 is 1. The van der Waals surface area contributed by atoms with Crippen molar-refractivity contribution in [3.05, 3.63) is 39.8 Å². The van der Waals surface area contributed by atoms with E-state index in [9.17, 15) is 9.90 Å². The van der Waals surface area contributed by atoms with Gasteiger partial charge >= 0.3 is 5.97 Å². The molecule has 0 aliphatic heterocycles. The SMILES string of the molecule is COC(=O)c1c(NC(=S)Nc2cc(C)ccc2O)sc2c1CCC(C)C2. The number of ether oxygens (including phenoxy) is 1. The van der Waals surface area contributed by atoms with E-state index in [-0.39, 0.29) is 11.7 Å². The Balaban J connectivity index is 1.86. The molecule has 0 spiro atoms. The van der Waals surface area contributed by atoms with E-state index in [2.05, 4.69) is 17.6 Å². The highest BCUT2D eigenvalue weighted by molar-refractivity contribution is 7.80. The summed E-state index contributed by atoms with van der Waals surface area (Å²) in [5, 5.41) is 17.1. The lowest BCUT2D eigenvalue weighted by Gasteiger charge is -2.18. The Morgan fingerprint density at radius 1 is 1.38 bits per heavy atom. The number of fused-ring (bicyclic) bond motifs is 1. The maximum atomic E-state index is 12.3. The van der Waals surface area contributed by atoms with Gasteiger partial charge in [-0.25, -0.2) is 4.79 Å². The van der Waals surface area contributed by atoms with Gasteiger partial charge in [0, 0.05) is 4.88 Å². The first-order valence-electron chi connectivity index (χ1n) is 8.49. The molecule has 7 heteroatoms. The lowest BCUT2D eigenvalue weighted by atomic mass is 9.88. The molecule has 0 bridgehead atoms. The third kappa shape index (κ3) is 3.83. The molecule has 1 aliphatic carbocycles. The molecule has 2 aromatic rings. The molecule has 0 fully saturated rings. The van der Waals surface area contributed by atoms with Crippen LogP contribution in [0.2, 0.25) is 0 Å². The van der Waals surface area contributed by atoms with Gasteiger partial charge in [-0.15, -0.1) is 11.3 Å². The van der Waals surface area contributed by atoms with Gasteiger partial charge in [-0.05, 0) is 67.6 Å². The van der Waals surface area contributed by atoms with Crippen molar-refractivity contribution in [2.75, 3.05) is 17.7 Å². The minimum atomic E-state index is -0.347. The van der Waals surface area contributed by atoms with Crippen LogP contribution in [0.4, 0.5) is 10.7 Å². The number of rotatable bonds is 3. The standard InChI is InChI=1S/C19H22N2O3S2/c1-10-5-7-14(22)13(8-10)20-19(25)21-17-16(18(23)24-3)12-6-4-11(2)9-15(12)26-17/h5,7-8,11,22H,4,6,9H2,1-3H3,(H2,20,21,25). The number of hydrogen-bond donors (Lipinski definition) is 3. The van der Waals surface area contributed by atoms with Crippen molar-refractivity contribution in [2.24, 2.45) is 5.92 Å². The average molecular weight is 391 g/mol. The molecule has 0 radical (unpaired) electrons. The highest BCUT2D eigenvalue weighted by Crippen LogP contribution is 2.40. The Kier molecular flexibility index (Phi) is 5.48. The number of thiophene rings is 1. The molecule has 1 aromatic heterocycles. The van der Waals surface area contributed by atoms with Gasteiger partial charge in [0.05, 0.1) is 18.4 Å². The largest absolute Gasteiger partial charge is 0.506 e. The van der Waals surface area contributed by atoms with E-state index in [0.29, 0.717) is 27.3 Å². The maximum absolute atomic E-state index is 12.3. The van der Waals surface area contributed by atoms with Gasteiger partial charge in [-0.2, -0.15) is 0 Å². The molecule has 26 heavy (non-hydrogen) atoms. The first-order chi connectivity index (χ1) is 12.4. The van der Waals surface area contributed by atoms with Crippen LogP contribution in [0, 0.1) is 12.8 Å². The first-order valence-corrected chi connectivity index (χ1v) is 9.72. The number of aromatic hydroxyl groups is 1. The molecule has 5 nitrogen and oxygen atoms in total. The highest BCUT2D eigenvalue weighted by Gasteiger charge is 2.28. The predicted molar refractivity (Wildman–Crippen MR) is 110 cm³/mol. The van der Waals surface area contributed by atoms with Crippen LogP contribution in [0.5, 0.6) is 5.75 Å². The number of aryl methyl sites for hydroxylation is 1. The molecular formula is C19H22N2O3S2. The fraction of sp³-hybridized carbons (Fsp3) is 0.368. The summed E-state index contributed by atoms with van der Waals surface area (Å²) in [5.74, 6) is 0.377. The molecule has 1 atom stereocenters. The van der Waals surface area contributed by atoms with E-state index in [4.69, 9.17) is 17.0 Å². The summed E-state index contributed by atoms with van der Waals surface area (Å²) in [6, 6.07) is 5.25. The van der Waals surface area contributed by atoms with Crippen LogP contribution in [-0.2, 0) is 17.6 Å². The number of thiocarbonyl (C=S) groups is 1. The smallest absolute Gasteiger partial charge is 0.341 e. The number of carbonyl (C=O) groups excluding carboxylic acids is 1. The van der Waals surface area contributed by atoms with Gasteiger partial charge in [0.1, 0.15) is 10.8 Å². The molecule has 1 heterocycles. The second-order valence-corrected chi connectivity index (χ2v) is 8.16. The predicted octanol–water partition coefficient (Wildman–Crippen LogP) is 4.48. The molecule has 1 aromatic carbocycles. The average Bonchev–Trinajstić information content (AvgIpc) is 2.94. The van der Waals surface area contributed by atoms with Crippen molar-refractivity contribution in [3.8, 4) is 5.75 Å². The summed E-state index contributed by atoms with van der Waals surface area (Å²) in [7, 11) is 1.39. The van der Waals surface area contributed by atoms with Crippen molar-refractivity contribution in [3.63, 3.8) is 0 Å². The van der Waals surface area contributed by atoms with E-state index in [1.165, 1.54) is 12.0 Å². The molecule has 1 aliphatic rings. The fourth-order valence-corrected chi connectivity index (χ4v) is 4.84. The number of hydrogen-bond acceptors (Lipinski definition) is 5.